The molecule has 0 radical (unpaired) electrons. The van der Waals surface area contributed by atoms with Crippen LogP contribution in [-0.4, -0.2) is 37.2 Å². The molecule has 2 aromatic rings. The van der Waals surface area contributed by atoms with E-state index in [9.17, 15) is 0 Å². The molecule has 0 saturated carbocycles. The third kappa shape index (κ3) is 2.05. The molecule has 104 valence electrons. The molecule has 1 aromatic heterocycles. The lowest BCUT2D eigenvalue weighted by Gasteiger charge is -2.36. The molecule has 20 heavy (non-hydrogen) atoms. The van der Waals surface area contributed by atoms with Gasteiger partial charge in [-0.3, -0.25) is 0 Å². The average Bonchev–Trinajstić information content (AvgIpc) is 2.49. The molecule has 1 N–H and O–H groups in total. The van der Waals surface area contributed by atoms with Crippen LogP contribution in [0.5, 0.6) is 0 Å². The van der Waals surface area contributed by atoms with Gasteiger partial charge < -0.3 is 15.1 Å². The van der Waals surface area contributed by atoms with Crippen LogP contribution in [0.1, 0.15) is 5.56 Å². The Kier molecular flexibility index (Phi) is 3.18. The smallest absolute Gasteiger partial charge is 0.224 e. The average molecular weight is 269 g/mol. The molecule has 1 aromatic carbocycles. The molecule has 0 spiro atoms. The van der Waals surface area contributed by atoms with E-state index in [1.54, 1.807) is 0 Å². The zero-order valence-corrected chi connectivity index (χ0v) is 12.1. The first-order chi connectivity index (χ1) is 9.70. The molecule has 0 aliphatic carbocycles. The number of nitrogens with zero attached hydrogens (tertiary/aromatic N) is 4. The van der Waals surface area contributed by atoms with Crippen LogP contribution in [0.15, 0.2) is 30.5 Å². The van der Waals surface area contributed by atoms with Crippen LogP contribution < -0.4 is 15.1 Å². The molecule has 1 aliphatic rings. The first kappa shape index (κ1) is 12.7. The second-order valence-electron chi connectivity index (χ2n) is 5.01. The van der Waals surface area contributed by atoms with Gasteiger partial charge in [-0.2, -0.15) is 4.98 Å². The zero-order valence-electron chi connectivity index (χ0n) is 12.1. The summed E-state index contributed by atoms with van der Waals surface area (Å²) in [4.78, 5) is 13.4. The van der Waals surface area contributed by atoms with Crippen molar-refractivity contribution in [3.8, 4) is 0 Å². The minimum Gasteiger partial charge on any atom is -0.371 e. The number of hydrogen-bond acceptors (Lipinski definition) is 5. The number of para-hydroxylation sites is 2. The van der Waals surface area contributed by atoms with Crippen LogP contribution in [0.4, 0.5) is 23.1 Å². The quantitative estimate of drug-likeness (QED) is 0.907. The Morgan fingerprint density at radius 2 is 1.90 bits per heavy atom. The molecule has 0 fully saturated rings. The topological polar surface area (TPSA) is 44.3 Å². The van der Waals surface area contributed by atoms with Gasteiger partial charge in [-0.15, -0.1) is 0 Å². The standard InChI is InChI=1S/C15H19N5/c1-11-10-17-15(16-2)18-14(11)20-9-8-19(3)12-6-4-5-7-13(12)20/h4-7,10H,8-9H2,1-3H3,(H,16,17,18). The molecule has 1 aliphatic heterocycles. The van der Waals surface area contributed by atoms with E-state index in [1.165, 1.54) is 11.4 Å². The molecule has 3 rings (SSSR count). The number of aryl methyl sites for hydroxylation is 1. The van der Waals surface area contributed by atoms with Gasteiger partial charge in [0.2, 0.25) is 5.95 Å². The van der Waals surface area contributed by atoms with E-state index in [0.29, 0.717) is 5.95 Å². The second-order valence-corrected chi connectivity index (χ2v) is 5.01. The molecule has 0 unspecified atom stereocenters. The van der Waals surface area contributed by atoms with Crippen molar-refractivity contribution in [2.24, 2.45) is 0 Å². The summed E-state index contributed by atoms with van der Waals surface area (Å²) in [5.41, 5.74) is 3.52. The summed E-state index contributed by atoms with van der Waals surface area (Å²) in [5, 5.41) is 3.01. The highest BCUT2D eigenvalue weighted by molar-refractivity contribution is 5.79. The number of hydrogen-bond donors (Lipinski definition) is 1. The van der Waals surface area contributed by atoms with Gasteiger partial charge in [0, 0.05) is 38.9 Å². The molecule has 0 atom stereocenters. The molecule has 0 bridgehead atoms. The van der Waals surface area contributed by atoms with Crippen molar-refractivity contribution in [2.75, 3.05) is 42.3 Å². The maximum Gasteiger partial charge on any atom is 0.224 e. The van der Waals surface area contributed by atoms with Gasteiger partial charge in [0.15, 0.2) is 0 Å². The summed E-state index contributed by atoms with van der Waals surface area (Å²) < 4.78 is 0. The number of anilines is 4. The van der Waals surface area contributed by atoms with Crippen molar-refractivity contribution in [2.45, 2.75) is 6.92 Å². The Bertz CT molecular complexity index is 625. The van der Waals surface area contributed by atoms with Crippen molar-refractivity contribution >= 4 is 23.1 Å². The van der Waals surface area contributed by atoms with Gasteiger partial charge >= 0.3 is 0 Å². The highest BCUT2D eigenvalue weighted by atomic mass is 15.3. The maximum atomic E-state index is 4.62. The van der Waals surface area contributed by atoms with E-state index in [0.717, 1.165) is 24.5 Å². The largest absolute Gasteiger partial charge is 0.371 e. The summed E-state index contributed by atoms with van der Waals surface area (Å²) in [6.07, 6.45) is 1.87. The number of nitrogens with one attached hydrogen (secondary N) is 1. The zero-order chi connectivity index (χ0) is 14.1. The number of fused-ring (bicyclic) bond motifs is 1. The van der Waals surface area contributed by atoms with E-state index in [1.807, 2.05) is 13.2 Å². The van der Waals surface area contributed by atoms with Crippen molar-refractivity contribution < 1.29 is 0 Å². The summed E-state index contributed by atoms with van der Waals surface area (Å²) in [6, 6.07) is 8.44. The SMILES string of the molecule is CNc1ncc(C)c(N2CCN(C)c3ccccc32)n1. The fourth-order valence-electron chi connectivity index (χ4n) is 2.55. The minimum atomic E-state index is 0.655. The Morgan fingerprint density at radius 1 is 1.15 bits per heavy atom. The van der Waals surface area contributed by atoms with Gasteiger partial charge in [-0.05, 0) is 19.1 Å². The van der Waals surface area contributed by atoms with Gasteiger partial charge in [0.25, 0.3) is 0 Å². The number of aromatic nitrogens is 2. The predicted octanol–water partition coefficient (Wildman–Crippen LogP) is 2.41. The lowest BCUT2D eigenvalue weighted by atomic mass is 10.1. The Balaban J connectivity index is 2.10. The number of rotatable bonds is 2. The normalized spacial score (nSPS) is 14.2. The molecular weight excluding hydrogens is 250 g/mol. The molecular formula is C15H19N5. The van der Waals surface area contributed by atoms with E-state index in [2.05, 4.69) is 63.3 Å². The van der Waals surface area contributed by atoms with Crippen LogP contribution in [-0.2, 0) is 0 Å². The first-order valence-corrected chi connectivity index (χ1v) is 6.80. The van der Waals surface area contributed by atoms with Crippen molar-refractivity contribution in [3.05, 3.63) is 36.0 Å². The fourth-order valence-corrected chi connectivity index (χ4v) is 2.55. The van der Waals surface area contributed by atoms with Crippen LogP contribution in [0.25, 0.3) is 0 Å². The lowest BCUT2D eigenvalue weighted by Crippen LogP contribution is -2.37. The highest BCUT2D eigenvalue weighted by Crippen LogP contribution is 2.37. The highest BCUT2D eigenvalue weighted by Gasteiger charge is 2.23. The van der Waals surface area contributed by atoms with Crippen molar-refractivity contribution in [1.29, 1.82) is 0 Å². The fraction of sp³-hybridized carbons (Fsp3) is 0.333. The van der Waals surface area contributed by atoms with Gasteiger partial charge in [0.1, 0.15) is 5.82 Å². The predicted molar refractivity (Wildman–Crippen MR) is 83.0 cm³/mol. The number of benzene rings is 1. The van der Waals surface area contributed by atoms with Gasteiger partial charge in [-0.25, -0.2) is 4.98 Å². The van der Waals surface area contributed by atoms with Gasteiger partial charge in [0.05, 0.1) is 11.4 Å². The van der Waals surface area contributed by atoms with Crippen LogP contribution >= 0.6 is 0 Å². The van der Waals surface area contributed by atoms with E-state index in [4.69, 9.17) is 0 Å². The summed E-state index contributed by atoms with van der Waals surface area (Å²) in [6.45, 7) is 3.96. The minimum absolute atomic E-state index is 0.655. The Labute approximate surface area is 119 Å². The lowest BCUT2D eigenvalue weighted by molar-refractivity contribution is 0.809. The van der Waals surface area contributed by atoms with Crippen molar-refractivity contribution in [1.82, 2.24) is 9.97 Å². The van der Waals surface area contributed by atoms with E-state index >= 15 is 0 Å². The second kappa shape index (κ2) is 5.00. The molecule has 0 saturated heterocycles. The van der Waals surface area contributed by atoms with E-state index < -0.39 is 0 Å². The Hall–Kier alpha value is -2.30. The van der Waals surface area contributed by atoms with Crippen molar-refractivity contribution in [3.63, 3.8) is 0 Å². The molecule has 5 nitrogen and oxygen atoms in total. The van der Waals surface area contributed by atoms with Gasteiger partial charge in [-0.1, -0.05) is 12.1 Å². The third-order valence-corrected chi connectivity index (χ3v) is 3.67. The first-order valence-electron chi connectivity index (χ1n) is 6.80. The Morgan fingerprint density at radius 3 is 2.65 bits per heavy atom. The molecule has 2 heterocycles. The maximum absolute atomic E-state index is 4.62. The summed E-state index contributed by atoms with van der Waals surface area (Å²) in [7, 11) is 3.97. The van der Waals surface area contributed by atoms with Crippen LogP contribution in [0.3, 0.4) is 0 Å². The summed E-state index contributed by atoms with van der Waals surface area (Å²) in [5.74, 6) is 1.63. The van der Waals surface area contributed by atoms with Crippen LogP contribution in [0, 0.1) is 6.92 Å². The monoisotopic (exact) mass is 269 g/mol. The molecule has 5 heteroatoms. The van der Waals surface area contributed by atoms with Crippen LogP contribution in [0.2, 0.25) is 0 Å². The number of likely N-dealkylation sites (N-methyl/N-ethyl adjacent to an activating group) is 1. The van der Waals surface area contributed by atoms with E-state index in [-0.39, 0.29) is 0 Å². The molecule has 0 amide bonds. The summed E-state index contributed by atoms with van der Waals surface area (Å²) >= 11 is 0. The third-order valence-electron chi connectivity index (χ3n) is 3.67.